The summed E-state index contributed by atoms with van der Waals surface area (Å²) >= 11 is 1.60. The summed E-state index contributed by atoms with van der Waals surface area (Å²) in [6, 6.07) is 4.08. The van der Waals surface area contributed by atoms with Gasteiger partial charge < -0.3 is 20.3 Å². The van der Waals surface area contributed by atoms with Crippen molar-refractivity contribution < 1.29 is 19.1 Å². The molecule has 0 aromatic heterocycles. The third kappa shape index (κ3) is 11.0. The van der Waals surface area contributed by atoms with Gasteiger partial charge >= 0.3 is 6.09 Å². The SMILES string of the molecule is CCCCCNC(=O)C(c1ccc(C)c(C)c1)N(C(=O)C(CCSC)NC(=O)OC(C)(C)C)C(C)CC. The van der Waals surface area contributed by atoms with Crippen molar-refractivity contribution in [3.8, 4) is 0 Å². The number of thioether (sulfide) groups is 1. The molecule has 1 rings (SSSR count). The number of carbonyl (C=O) groups excluding carboxylic acids is 3. The van der Waals surface area contributed by atoms with Gasteiger partial charge in [0.1, 0.15) is 17.7 Å². The first kappa shape index (κ1) is 32.8. The van der Waals surface area contributed by atoms with Gasteiger partial charge in [-0.25, -0.2) is 4.79 Å². The molecule has 3 amide bonds. The fourth-order valence-electron chi connectivity index (χ4n) is 3.97. The van der Waals surface area contributed by atoms with Crippen LogP contribution in [0.1, 0.15) is 96.4 Å². The third-order valence-corrected chi connectivity index (χ3v) is 7.02. The molecule has 0 bridgehead atoms. The summed E-state index contributed by atoms with van der Waals surface area (Å²) in [6.07, 6.45) is 5.39. The van der Waals surface area contributed by atoms with Crippen molar-refractivity contribution in [2.75, 3.05) is 18.6 Å². The Hall–Kier alpha value is -2.22. The summed E-state index contributed by atoms with van der Waals surface area (Å²) in [5.74, 6) is 0.202. The molecule has 1 aromatic carbocycles. The Labute approximate surface area is 228 Å². The molecule has 210 valence electrons. The van der Waals surface area contributed by atoms with Crippen LogP contribution in [0.25, 0.3) is 0 Å². The highest BCUT2D eigenvalue weighted by Crippen LogP contribution is 2.28. The number of benzene rings is 1. The van der Waals surface area contributed by atoms with Gasteiger partial charge in [-0.1, -0.05) is 44.9 Å². The first-order valence-electron chi connectivity index (χ1n) is 13.5. The van der Waals surface area contributed by atoms with E-state index in [0.717, 1.165) is 36.0 Å². The van der Waals surface area contributed by atoms with Gasteiger partial charge in [-0.2, -0.15) is 11.8 Å². The molecular weight excluding hydrogens is 486 g/mol. The average Bonchev–Trinajstić information content (AvgIpc) is 2.82. The van der Waals surface area contributed by atoms with Crippen molar-refractivity contribution in [1.29, 1.82) is 0 Å². The van der Waals surface area contributed by atoms with Gasteiger partial charge in [-0.05, 0) is 89.5 Å². The van der Waals surface area contributed by atoms with Crippen molar-refractivity contribution in [3.63, 3.8) is 0 Å². The monoisotopic (exact) mass is 535 g/mol. The smallest absolute Gasteiger partial charge is 0.408 e. The van der Waals surface area contributed by atoms with Crippen LogP contribution in [0.2, 0.25) is 0 Å². The van der Waals surface area contributed by atoms with Crippen molar-refractivity contribution in [2.24, 2.45) is 0 Å². The molecule has 0 aliphatic carbocycles. The number of hydrogen-bond donors (Lipinski definition) is 2. The number of nitrogens with one attached hydrogen (secondary N) is 2. The second kappa shape index (κ2) is 15.9. The molecule has 3 unspecified atom stereocenters. The van der Waals surface area contributed by atoms with E-state index in [4.69, 9.17) is 4.74 Å². The summed E-state index contributed by atoms with van der Waals surface area (Å²) in [6.45, 7) is 16.0. The topological polar surface area (TPSA) is 87.7 Å². The van der Waals surface area contributed by atoms with E-state index in [1.165, 1.54) is 0 Å². The van der Waals surface area contributed by atoms with E-state index in [1.54, 1.807) is 37.4 Å². The molecule has 1 aromatic rings. The number of amides is 3. The Kier molecular flexibility index (Phi) is 14.1. The molecule has 0 spiro atoms. The highest BCUT2D eigenvalue weighted by Gasteiger charge is 2.38. The summed E-state index contributed by atoms with van der Waals surface area (Å²) in [7, 11) is 0. The lowest BCUT2D eigenvalue weighted by Gasteiger charge is -2.38. The number of rotatable bonds is 14. The van der Waals surface area contributed by atoms with Gasteiger partial charge in [0.25, 0.3) is 0 Å². The van der Waals surface area contributed by atoms with E-state index < -0.39 is 23.8 Å². The lowest BCUT2D eigenvalue weighted by Crippen LogP contribution is -2.55. The van der Waals surface area contributed by atoms with Crippen LogP contribution in [-0.4, -0.2) is 59.0 Å². The van der Waals surface area contributed by atoms with Crippen LogP contribution in [0.15, 0.2) is 18.2 Å². The lowest BCUT2D eigenvalue weighted by atomic mass is 9.96. The minimum atomic E-state index is -0.807. The van der Waals surface area contributed by atoms with E-state index in [0.29, 0.717) is 25.1 Å². The zero-order valence-corrected chi connectivity index (χ0v) is 25.2. The molecule has 0 aliphatic heterocycles. The maximum atomic E-state index is 14.2. The number of unbranched alkanes of at least 4 members (excludes halogenated alkanes) is 2. The Morgan fingerprint density at radius 2 is 1.76 bits per heavy atom. The Bertz CT molecular complexity index is 884. The van der Waals surface area contributed by atoms with Gasteiger partial charge in [0.2, 0.25) is 11.8 Å². The molecule has 7 nitrogen and oxygen atoms in total. The van der Waals surface area contributed by atoms with E-state index in [9.17, 15) is 14.4 Å². The second-order valence-corrected chi connectivity index (χ2v) is 11.7. The maximum Gasteiger partial charge on any atom is 0.408 e. The van der Waals surface area contributed by atoms with Gasteiger partial charge in [-0.3, -0.25) is 9.59 Å². The van der Waals surface area contributed by atoms with Crippen molar-refractivity contribution in [2.45, 2.75) is 111 Å². The number of alkyl carbamates (subject to hydrolysis) is 1. The standard InChI is InChI=1S/C29H49N3O4S/c1-10-12-13-17-30-26(33)25(23-15-14-20(3)21(4)19-23)32(22(5)11-2)27(34)24(16-18-37-9)31-28(35)36-29(6,7)8/h14-15,19,22,24-25H,10-13,16-18H2,1-9H3,(H,30,33)(H,31,35). The van der Waals surface area contributed by atoms with Crippen molar-refractivity contribution in [1.82, 2.24) is 15.5 Å². The second-order valence-electron chi connectivity index (χ2n) is 10.7. The molecule has 37 heavy (non-hydrogen) atoms. The maximum absolute atomic E-state index is 14.2. The fraction of sp³-hybridized carbons (Fsp3) is 0.690. The van der Waals surface area contributed by atoms with E-state index in [-0.39, 0.29) is 17.9 Å². The summed E-state index contributed by atoms with van der Waals surface area (Å²) in [5, 5.41) is 5.87. The number of ether oxygens (including phenoxy) is 1. The van der Waals surface area contributed by atoms with Crippen LogP contribution in [0.5, 0.6) is 0 Å². The first-order valence-corrected chi connectivity index (χ1v) is 14.9. The third-order valence-electron chi connectivity index (χ3n) is 6.37. The van der Waals surface area contributed by atoms with Crippen LogP contribution in [0.3, 0.4) is 0 Å². The fourth-order valence-corrected chi connectivity index (χ4v) is 4.45. The Balaban J connectivity index is 3.48. The largest absolute Gasteiger partial charge is 0.444 e. The summed E-state index contributed by atoms with van der Waals surface area (Å²) in [5.41, 5.74) is 2.26. The minimum absolute atomic E-state index is 0.200. The van der Waals surface area contributed by atoms with Crippen LogP contribution >= 0.6 is 11.8 Å². The van der Waals surface area contributed by atoms with E-state index in [2.05, 4.69) is 17.6 Å². The first-order chi connectivity index (χ1) is 17.4. The van der Waals surface area contributed by atoms with Gasteiger partial charge in [0.05, 0.1) is 0 Å². The van der Waals surface area contributed by atoms with Crippen molar-refractivity contribution in [3.05, 3.63) is 34.9 Å². The normalized spacial score (nSPS) is 13.9. The summed E-state index contributed by atoms with van der Waals surface area (Å²) in [4.78, 5) is 42.2. The quantitative estimate of drug-likeness (QED) is 0.289. The highest BCUT2D eigenvalue weighted by atomic mass is 32.2. The van der Waals surface area contributed by atoms with Crippen LogP contribution in [-0.2, 0) is 14.3 Å². The zero-order chi connectivity index (χ0) is 28.2. The molecule has 0 radical (unpaired) electrons. The molecular formula is C29H49N3O4S. The van der Waals surface area contributed by atoms with Crippen molar-refractivity contribution >= 4 is 29.7 Å². The molecule has 3 atom stereocenters. The van der Waals surface area contributed by atoms with Crippen LogP contribution in [0, 0.1) is 13.8 Å². The molecule has 0 saturated heterocycles. The van der Waals surface area contributed by atoms with Gasteiger partial charge in [0, 0.05) is 12.6 Å². The molecule has 2 N–H and O–H groups in total. The zero-order valence-electron chi connectivity index (χ0n) is 24.4. The molecule has 0 saturated carbocycles. The van der Waals surface area contributed by atoms with E-state index >= 15 is 0 Å². The molecule has 0 fully saturated rings. The number of aryl methyl sites for hydroxylation is 2. The number of hydrogen-bond acceptors (Lipinski definition) is 5. The average molecular weight is 536 g/mol. The number of carbonyl (C=O) groups is 3. The molecule has 8 heteroatoms. The van der Waals surface area contributed by atoms with Gasteiger partial charge in [-0.15, -0.1) is 0 Å². The molecule has 0 heterocycles. The minimum Gasteiger partial charge on any atom is -0.444 e. The Morgan fingerprint density at radius 3 is 2.30 bits per heavy atom. The van der Waals surface area contributed by atoms with Crippen LogP contribution < -0.4 is 10.6 Å². The summed E-state index contributed by atoms with van der Waals surface area (Å²) < 4.78 is 5.46. The van der Waals surface area contributed by atoms with E-state index in [1.807, 2.05) is 52.1 Å². The predicted octanol–water partition coefficient (Wildman–Crippen LogP) is 5.92. The Morgan fingerprint density at radius 1 is 1.08 bits per heavy atom. The predicted molar refractivity (Wildman–Crippen MR) is 154 cm³/mol. The lowest BCUT2D eigenvalue weighted by molar-refractivity contribution is -0.145. The highest BCUT2D eigenvalue weighted by molar-refractivity contribution is 7.98. The van der Waals surface area contributed by atoms with Gasteiger partial charge in [0.15, 0.2) is 0 Å². The van der Waals surface area contributed by atoms with Crippen LogP contribution in [0.4, 0.5) is 4.79 Å². The number of nitrogens with zero attached hydrogens (tertiary/aromatic N) is 1. The molecule has 0 aliphatic rings.